The zero-order chi connectivity index (χ0) is 14.6. The largest absolute Gasteiger partial charge is 0.387 e. The van der Waals surface area contributed by atoms with Gasteiger partial charge in [0, 0.05) is 32.3 Å². The molecule has 1 aromatic rings. The Kier molecular flexibility index (Phi) is 4.84. The smallest absolute Gasteiger partial charge is 0.270 e. The second-order valence-corrected chi connectivity index (χ2v) is 5.68. The molecule has 1 aromatic carbocycles. The number of sulfonamides is 1. The summed E-state index contributed by atoms with van der Waals surface area (Å²) < 4.78 is 26.1. The Morgan fingerprint density at radius 3 is 2.32 bits per heavy atom. The van der Waals surface area contributed by atoms with Gasteiger partial charge < -0.3 is 5.32 Å². The first-order valence-corrected chi connectivity index (χ1v) is 7.28. The maximum atomic E-state index is 12.4. The number of anilines is 1. The SMILES string of the molecule is CCN(CC)S(=O)(=O)c1cc([N+](=O)[O-])ccc1NC. The van der Waals surface area contributed by atoms with Crippen LogP contribution in [0.1, 0.15) is 13.8 Å². The molecule has 7 nitrogen and oxygen atoms in total. The van der Waals surface area contributed by atoms with Crippen LogP contribution in [0.5, 0.6) is 0 Å². The summed E-state index contributed by atoms with van der Waals surface area (Å²) in [6, 6.07) is 3.75. The fourth-order valence-electron chi connectivity index (χ4n) is 1.75. The molecule has 19 heavy (non-hydrogen) atoms. The molecule has 0 aromatic heterocycles. The van der Waals surface area contributed by atoms with E-state index in [2.05, 4.69) is 5.32 Å². The number of nitrogens with one attached hydrogen (secondary N) is 1. The normalized spacial score (nSPS) is 11.6. The minimum absolute atomic E-state index is 0.0760. The lowest BCUT2D eigenvalue weighted by Gasteiger charge is -2.20. The van der Waals surface area contributed by atoms with Crippen LogP contribution >= 0.6 is 0 Å². The Morgan fingerprint density at radius 1 is 1.32 bits per heavy atom. The van der Waals surface area contributed by atoms with E-state index in [4.69, 9.17) is 0 Å². The Balaban J connectivity index is 3.46. The van der Waals surface area contributed by atoms with Gasteiger partial charge in [0.25, 0.3) is 5.69 Å². The summed E-state index contributed by atoms with van der Waals surface area (Å²) >= 11 is 0. The molecule has 0 saturated carbocycles. The summed E-state index contributed by atoms with van der Waals surface area (Å²) in [6.45, 7) is 4.06. The molecule has 0 bridgehead atoms. The van der Waals surface area contributed by atoms with E-state index < -0.39 is 14.9 Å². The third-order valence-electron chi connectivity index (χ3n) is 2.77. The molecule has 0 heterocycles. The van der Waals surface area contributed by atoms with E-state index in [1.54, 1.807) is 20.9 Å². The van der Waals surface area contributed by atoms with Crippen LogP contribution in [0.4, 0.5) is 11.4 Å². The number of nitro groups is 1. The fourth-order valence-corrected chi connectivity index (χ4v) is 3.42. The quantitative estimate of drug-likeness (QED) is 0.634. The molecule has 8 heteroatoms. The van der Waals surface area contributed by atoms with Crippen LogP contribution in [-0.4, -0.2) is 37.8 Å². The van der Waals surface area contributed by atoms with E-state index in [-0.39, 0.29) is 10.6 Å². The van der Waals surface area contributed by atoms with Crippen molar-refractivity contribution in [2.24, 2.45) is 0 Å². The van der Waals surface area contributed by atoms with Gasteiger partial charge in [-0.05, 0) is 6.07 Å². The van der Waals surface area contributed by atoms with Crippen LogP contribution in [0.2, 0.25) is 0 Å². The lowest BCUT2D eigenvalue weighted by molar-refractivity contribution is -0.385. The molecule has 1 N–H and O–H groups in total. The van der Waals surface area contributed by atoms with Gasteiger partial charge in [0.05, 0.1) is 10.6 Å². The van der Waals surface area contributed by atoms with E-state index in [1.807, 2.05) is 0 Å². The van der Waals surface area contributed by atoms with Crippen molar-refractivity contribution in [3.63, 3.8) is 0 Å². The van der Waals surface area contributed by atoms with Gasteiger partial charge in [0.1, 0.15) is 4.90 Å². The zero-order valence-corrected chi connectivity index (χ0v) is 11.9. The summed E-state index contributed by atoms with van der Waals surface area (Å²) in [5, 5.41) is 13.5. The van der Waals surface area contributed by atoms with E-state index in [1.165, 1.54) is 16.4 Å². The van der Waals surface area contributed by atoms with Gasteiger partial charge >= 0.3 is 0 Å². The molecule has 0 saturated heterocycles. The van der Waals surface area contributed by atoms with Crippen molar-refractivity contribution >= 4 is 21.4 Å². The Labute approximate surface area is 112 Å². The van der Waals surface area contributed by atoms with Gasteiger partial charge in [-0.15, -0.1) is 0 Å². The monoisotopic (exact) mass is 287 g/mol. The van der Waals surface area contributed by atoms with Gasteiger partial charge in [0.2, 0.25) is 10.0 Å². The molecule has 106 valence electrons. The van der Waals surface area contributed by atoms with Crippen molar-refractivity contribution in [2.75, 3.05) is 25.5 Å². The minimum Gasteiger partial charge on any atom is -0.387 e. The highest BCUT2D eigenvalue weighted by molar-refractivity contribution is 7.89. The predicted molar refractivity (Wildman–Crippen MR) is 72.7 cm³/mol. The topological polar surface area (TPSA) is 92.5 Å². The summed E-state index contributed by atoms with van der Waals surface area (Å²) in [4.78, 5) is 10.1. The van der Waals surface area contributed by atoms with E-state index >= 15 is 0 Å². The Bertz CT molecular complexity index is 567. The van der Waals surface area contributed by atoms with Crippen LogP contribution in [0.25, 0.3) is 0 Å². The standard InChI is InChI=1S/C11H17N3O4S/c1-4-13(5-2)19(17,18)11-8-9(14(15)16)6-7-10(11)12-3/h6-8,12H,4-5H2,1-3H3. The molecule has 0 amide bonds. The first-order valence-electron chi connectivity index (χ1n) is 5.84. The zero-order valence-electron chi connectivity index (χ0n) is 11.1. The maximum absolute atomic E-state index is 12.4. The number of nitro benzene ring substituents is 1. The van der Waals surface area contributed by atoms with Gasteiger partial charge in [-0.1, -0.05) is 13.8 Å². The Morgan fingerprint density at radius 2 is 1.89 bits per heavy atom. The predicted octanol–water partition coefficient (Wildman–Crippen LogP) is 1.67. The molecule has 0 fully saturated rings. The number of benzene rings is 1. The lowest BCUT2D eigenvalue weighted by Crippen LogP contribution is -2.31. The van der Waals surface area contributed by atoms with E-state index in [0.717, 1.165) is 6.07 Å². The first kappa shape index (κ1) is 15.4. The lowest BCUT2D eigenvalue weighted by atomic mass is 10.3. The summed E-state index contributed by atoms with van der Waals surface area (Å²) in [7, 11) is -2.16. The molecule has 0 aliphatic carbocycles. The van der Waals surface area contributed by atoms with Gasteiger partial charge in [0.15, 0.2) is 0 Å². The molecular weight excluding hydrogens is 270 g/mol. The second kappa shape index (κ2) is 5.98. The molecule has 0 unspecified atom stereocenters. The van der Waals surface area contributed by atoms with Crippen molar-refractivity contribution in [1.82, 2.24) is 4.31 Å². The van der Waals surface area contributed by atoms with Crippen LogP contribution in [0.3, 0.4) is 0 Å². The van der Waals surface area contributed by atoms with Crippen LogP contribution in [0, 0.1) is 10.1 Å². The van der Waals surface area contributed by atoms with Crippen molar-refractivity contribution in [3.05, 3.63) is 28.3 Å². The van der Waals surface area contributed by atoms with Crippen LogP contribution < -0.4 is 5.32 Å². The summed E-state index contributed by atoms with van der Waals surface area (Å²) in [5.41, 5.74) is 0.0993. The van der Waals surface area contributed by atoms with Crippen molar-refractivity contribution in [3.8, 4) is 0 Å². The number of non-ortho nitro benzene ring substituents is 1. The average molecular weight is 287 g/mol. The molecule has 1 rings (SSSR count). The Hall–Kier alpha value is -1.67. The number of rotatable bonds is 6. The third kappa shape index (κ3) is 3.02. The first-order chi connectivity index (χ1) is 8.88. The second-order valence-electron chi connectivity index (χ2n) is 3.78. The van der Waals surface area contributed by atoms with Crippen molar-refractivity contribution in [2.45, 2.75) is 18.7 Å². The highest BCUT2D eigenvalue weighted by Crippen LogP contribution is 2.28. The van der Waals surface area contributed by atoms with Gasteiger partial charge in [-0.3, -0.25) is 10.1 Å². The van der Waals surface area contributed by atoms with Gasteiger partial charge in [-0.2, -0.15) is 4.31 Å². The summed E-state index contributed by atoms with van der Waals surface area (Å²) in [5.74, 6) is 0. The highest BCUT2D eigenvalue weighted by Gasteiger charge is 2.26. The van der Waals surface area contributed by atoms with E-state index in [9.17, 15) is 18.5 Å². The van der Waals surface area contributed by atoms with Crippen LogP contribution in [0.15, 0.2) is 23.1 Å². The van der Waals surface area contributed by atoms with E-state index in [0.29, 0.717) is 18.8 Å². The van der Waals surface area contributed by atoms with Gasteiger partial charge in [-0.25, -0.2) is 8.42 Å². The number of hydrogen-bond donors (Lipinski definition) is 1. The summed E-state index contributed by atoms with van der Waals surface area (Å²) in [6.07, 6.45) is 0. The molecule has 0 atom stereocenters. The molecular formula is C11H17N3O4S. The fraction of sp³-hybridized carbons (Fsp3) is 0.455. The average Bonchev–Trinajstić information content (AvgIpc) is 2.38. The molecule has 0 radical (unpaired) electrons. The molecule has 0 aliphatic rings. The van der Waals surface area contributed by atoms with Crippen LogP contribution in [-0.2, 0) is 10.0 Å². The van der Waals surface area contributed by atoms with Crippen molar-refractivity contribution < 1.29 is 13.3 Å². The third-order valence-corrected chi connectivity index (χ3v) is 4.86. The minimum atomic E-state index is -3.73. The molecule has 0 spiro atoms. The maximum Gasteiger partial charge on any atom is 0.270 e. The molecule has 0 aliphatic heterocycles. The van der Waals surface area contributed by atoms with Crippen molar-refractivity contribution in [1.29, 1.82) is 0 Å². The number of nitrogens with zero attached hydrogens (tertiary/aromatic N) is 2. The highest BCUT2D eigenvalue weighted by atomic mass is 32.2. The number of hydrogen-bond acceptors (Lipinski definition) is 5.